The smallest absolute Gasteiger partial charge is 0.222 e. The first-order valence-corrected chi connectivity index (χ1v) is 12.0. The third kappa shape index (κ3) is 3.20. The average Bonchev–Trinajstić information content (AvgIpc) is 3.42. The molecule has 5 unspecified atom stereocenters. The first-order chi connectivity index (χ1) is 16.2. The van der Waals surface area contributed by atoms with Gasteiger partial charge in [-0.05, 0) is 71.8 Å². The highest BCUT2D eigenvalue weighted by Gasteiger charge is 2.61. The summed E-state index contributed by atoms with van der Waals surface area (Å²) < 4.78 is 8.88. The number of nitrogens with two attached hydrogens (primary N) is 2. The van der Waals surface area contributed by atoms with Crippen molar-refractivity contribution in [3.05, 3.63) is 52.3 Å². The van der Waals surface area contributed by atoms with E-state index < -0.39 is 24.0 Å². The molecule has 1 aliphatic heterocycles. The molecule has 0 bridgehead atoms. The normalized spacial score (nSPS) is 28.7. The van der Waals surface area contributed by atoms with Crippen molar-refractivity contribution >= 4 is 49.6 Å². The van der Waals surface area contributed by atoms with Crippen molar-refractivity contribution in [1.29, 1.82) is 0 Å². The van der Waals surface area contributed by atoms with Gasteiger partial charge in [0.2, 0.25) is 5.95 Å². The number of halogens is 1. The largest absolute Gasteiger partial charge is 0.385 e. The van der Waals surface area contributed by atoms with Gasteiger partial charge in [0.05, 0.1) is 21.8 Å². The molecule has 5 atom stereocenters. The Balaban J connectivity index is 1.30. The highest BCUT2D eigenvalue weighted by molar-refractivity contribution is 9.10. The summed E-state index contributed by atoms with van der Waals surface area (Å²) in [5.74, 6) is 0.647. The summed E-state index contributed by atoms with van der Waals surface area (Å²) in [4.78, 5) is 13.0. The lowest BCUT2D eigenvalue weighted by atomic mass is 9.90. The maximum Gasteiger partial charge on any atom is 0.222 e. The minimum absolute atomic E-state index is 0.0400. The topological polar surface area (TPSA) is 145 Å². The number of aliphatic hydroxyl groups is 2. The zero-order valence-electron chi connectivity index (χ0n) is 18.5. The number of hydrogen-bond donors (Lipinski definition) is 4. The van der Waals surface area contributed by atoms with Crippen molar-refractivity contribution in [1.82, 2.24) is 19.5 Å². The molecule has 176 valence electrons. The van der Waals surface area contributed by atoms with Crippen LogP contribution >= 0.6 is 15.9 Å². The Bertz CT molecular complexity index is 1440. The van der Waals surface area contributed by atoms with Crippen LogP contribution in [0.5, 0.6) is 0 Å². The highest BCUT2D eigenvalue weighted by Crippen LogP contribution is 2.50. The Morgan fingerprint density at radius 1 is 1.21 bits per heavy atom. The van der Waals surface area contributed by atoms with Gasteiger partial charge in [-0.15, -0.1) is 0 Å². The summed E-state index contributed by atoms with van der Waals surface area (Å²) in [5, 5.41) is 24.5. The lowest BCUT2D eigenvalue weighted by Gasteiger charge is -2.26. The number of aryl methyl sites for hydroxylation is 1. The van der Waals surface area contributed by atoms with E-state index in [9.17, 15) is 10.2 Å². The number of anilines is 2. The van der Waals surface area contributed by atoms with E-state index in [-0.39, 0.29) is 11.9 Å². The molecule has 9 nitrogen and oxygen atoms in total. The lowest BCUT2D eigenvalue weighted by Crippen LogP contribution is -2.45. The fourth-order valence-electron chi connectivity index (χ4n) is 5.60. The van der Waals surface area contributed by atoms with Crippen molar-refractivity contribution in [3.8, 4) is 0 Å². The number of pyridine rings is 1. The molecule has 4 aromatic rings. The molecule has 10 heteroatoms. The molecule has 2 fully saturated rings. The quantitative estimate of drug-likeness (QED) is 0.320. The number of nitrogens with zero attached hydrogens (tertiary/aromatic N) is 4. The van der Waals surface area contributed by atoms with Gasteiger partial charge in [-0.1, -0.05) is 12.1 Å². The van der Waals surface area contributed by atoms with Gasteiger partial charge in [0.25, 0.3) is 0 Å². The summed E-state index contributed by atoms with van der Waals surface area (Å²) in [6.45, 7) is 1.86. The zero-order valence-corrected chi connectivity index (χ0v) is 20.1. The zero-order chi connectivity index (χ0) is 23.8. The van der Waals surface area contributed by atoms with Crippen LogP contribution in [0.2, 0.25) is 0 Å². The molecule has 3 aromatic heterocycles. The van der Waals surface area contributed by atoms with Crippen molar-refractivity contribution in [3.63, 3.8) is 0 Å². The maximum atomic E-state index is 11.5. The van der Waals surface area contributed by atoms with Crippen LogP contribution in [0.3, 0.4) is 0 Å². The van der Waals surface area contributed by atoms with Crippen LogP contribution in [0.15, 0.2) is 41.0 Å². The highest BCUT2D eigenvalue weighted by atomic mass is 79.9. The van der Waals surface area contributed by atoms with E-state index in [1.165, 1.54) is 0 Å². The van der Waals surface area contributed by atoms with Gasteiger partial charge in [-0.2, -0.15) is 4.98 Å². The van der Waals surface area contributed by atoms with Crippen LogP contribution < -0.4 is 11.5 Å². The van der Waals surface area contributed by atoms with E-state index in [0.29, 0.717) is 24.3 Å². The van der Waals surface area contributed by atoms with Gasteiger partial charge < -0.3 is 31.0 Å². The lowest BCUT2D eigenvalue weighted by molar-refractivity contribution is -0.0675. The number of ether oxygens (including phenoxy) is 1. The Labute approximate surface area is 203 Å². The molecule has 1 aromatic carbocycles. The maximum absolute atomic E-state index is 11.5. The van der Waals surface area contributed by atoms with Crippen LogP contribution in [-0.4, -0.2) is 47.5 Å². The molecule has 1 saturated carbocycles. The number of hydrogen-bond acceptors (Lipinski definition) is 8. The molecule has 1 saturated heterocycles. The summed E-state index contributed by atoms with van der Waals surface area (Å²) in [7, 11) is 0. The fraction of sp³-hybridized carbons (Fsp3) is 0.375. The second kappa shape index (κ2) is 7.61. The molecule has 0 amide bonds. The van der Waals surface area contributed by atoms with E-state index in [2.05, 4.69) is 36.9 Å². The van der Waals surface area contributed by atoms with Gasteiger partial charge in [0.15, 0.2) is 6.23 Å². The number of benzene rings is 1. The molecule has 0 spiro atoms. The SMILES string of the molecule is Cc1nc(N)nc2c1ccn2C1OC2C(Cc3ccc4cc(Br)c(N)nc4c3)CCC2(O)C1O. The third-order valence-corrected chi connectivity index (χ3v) is 7.95. The van der Waals surface area contributed by atoms with E-state index in [1.54, 1.807) is 10.8 Å². The number of aromatic nitrogens is 4. The number of nitrogen functional groups attached to an aromatic ring is 2. The molecule has 34 heavy (non-hydrogen) atoms. The summed E-state index contributed by atoms with van der Waals surface area (Å²) in [5.41, 5.74) is 13.7. The van der Waals surface area contributed by atoms with E-state index in [1.807, 2.05) is 31.2 Å². The van der Waals surface area contributed by atoms with Crippen LogP contribution in [0.1, 0.15) is 30.3 Å². The minimum Gasteiger partial charge on any atom is -0.385 e. The van der Waals surface area contributed by atoms with Crippen molar-refractivity contribution < 1.29 is 14.9 Å². The van der Waals surface area contributed by atoms with Crippen LogP contribution in [0, 0.1) is 12.8 Å². The molecule has 6 rings (SSSR count). The second-order valence-corrected chi connectivity index (χ2v) is 10.3. The molecular weight excluding hydrogens is 500 g/mol. The Morgan fingerprint density at radius 2 is 2.03 bits per heavy atom. The standard InChI is InChI=1S/C24H25BrN6O3/c1-11-15-5-7-31(21(15)30-23(27)28-11)22-18(32)24(33)6-4-14(19(24)34-22)8-12-2-3-13-10-16(25)20(26)29-17(13)9-12/h2-3,5,7,9-10,14,18-19,22,32-33H,4,6,8H2,1H3,(H2,26,29)(H2,27,28,30). The van der Waals surface area contributed by atoms with Crippen LogP contribution in [0.25, 0.3) is 21.9 Å². The van der Waals surface area contributed by atoms with Crippen molar-refractivity contribution in [2.24, 2.45) is 5.92 Å². The molecule has 0 radical (unpaired) electrons. The third-order valence-electron chi connectivity index (χ3n) is 7.32. The predicted octanol–water partition coefficient (Wildman–Crippen LogP) is 2.86. The first kappa shape index (κ1) is 21.7. The van der Waals surface area contributed by atoms with Crippen LogP contribution in [-0.2, 0) is 11.2 Å². The van der Waals surface area contributed by atoms with E-state index >= 15 is 0 Å². The van der Waals surface area contributed by atoms with Gasteiger partial charge in [-0.25, -0.2) is 9.97 Å². The Hall–Kier alpha value is -2.79. The molecule has 4 heterocycles. The van der Waals surface area contributed by atoms with Crippen molar-refractivity contribution in [2.75, 3.05) is 11.5 Å². The monoisotopic (exact) mass is 524 g/mol. The van der Waals surface area contributed by atoms with Gasteiger partial charge >= 0.3 is 0 Å². The number of fused-ring (bicyclic) bond motifs is 3. The van der Waals surface area contributed by atoms with Gasteiger partial charge in [0.1, 0.15) is 23.2 Å². The Kier molecular flexibility index (Phi) is 4.86. The van der Waals surface area contributed by atoms with E-state index in [0.717, 1.165) is 38.4 Å². The van der Waals surface area contributed by atoms with Gasteiger partial charge in [0, 0.05) is 17.0 Å². The molecular formula is C24H25BrN6O3. The average molecular weight is 525 g/mol. The van der Waals surface area contributed by atoms with E-state index in [4.69, 9.17) is 16.2 Å². The number of aliphatic hydroxyl groups excluding tert-OH is 1. The minimum atomic E-state index is -1.33. The predicted molar refractivity (Wildman–Crippen MR) is 132 cm³/mol. The van der Waals surface area contributed by atoms with Gasteiger partial charge in [-0.3, -0.25) is 0 Å². The van der Waals surface area contributed by atoms with Crippen molar-refractivity contribution in [2.45, 2.75) is 50.2 Å². The molecule has 1 aliphatic carbocycles. The first-order valence-electron chi connectivity index (χ1n) is 11.3. The summed E-state index contributed by atoms with van der Waals surface area (Å²) >= 11 is 3.42. The second-order valence-electron chi connectivity index (χ2n) is 9.40. The summed E-state index contributed by atoms with van der Waals surface area (Å²) in [6.07, 6.45) is 1.34. The van der Waals surface area contributed by atoms with Crippen LogP contribution in [0.4, 0.5) is 11.8 Å². The fourth-order valence-corrected chi connectivity index (χ4v) is 5.94. The Morgan fingerprint density at radius 3 is 2.85 bits per heavy atom. The molecule has 6 N–H and O–H groups in total. The molecule has 2 aliphatic rings. The number of rotatable bonds is 3. The summed E-state index contributed by atoms with van der Waals surface area (Å²) in [6, 6.07) is 9.95.